The molecule has 5 aliphatic rings. The van der Waals surface area contributed by atoms with Crippen LogP contribution in [0.1, 0.15) is 108 Å². The summed E-state index contributed by atoms with van der Waals surface area (Å²) in [6.07, 6.45) is 15.2. The third-order valence-electron chi connectivity index (χ3n) is 11.3. The van der Waals surface area contributed by atoms with E-state index >= 15 is 0 Å². The molecule has 41 heavy (non-hydrogen) atoms. The number of hydrogen-bond acceptors (Lipinski definition) is 5. The van der Waals surface area contributed by atoms with Crippen LogP contribution in [0.5, 0.6) is 0 Å². The number of nitrogens with zero attached hydrogens (tertiary/aromatic N) is 4. The van der Waals surface area contributed by atoms with Gasteiger partial charge >= 0.3 is 5.97 Å². The molecule has 2 saturated carbocycles. The number of aliphatic carboxylic acids is 1. The van der Waals surface area contributed by atoms with Gasteiger partial charge in [-0.15, -0.1) is 0 Å². The second kappa shape index (κ2) is 10.9. The monoisotopic (exact) mass is 558 g/mol. The zero-order chi connectivity index (χ0) is 28.2. The maximum Gasteiger partial charge on any atom is 0.323 e. The van der Waals surface area contributed by atoms with E-state index in [0.717, 1.165) is 66.6 Å². The molecule has 3 saturated heterocycles. The van der Waals surface area contributed by atoms with E-state index in [1.807, 2.05) is 29.2 Å². The minimum Gasteiger partial charge on any atom is -0.480 e. The first kappa shape index (κ1) is 27.2. The lowest BCUT2D eigenvalue weighted by molar-refractivity contribution is -0.138. The first-order chi connectivity index (χ1) is 19.9. The largest absolute Gasteiger partial charge is 0.480 e. The van der Waals surface area contributed by atoms with Gasteiger partial charge in [0.05, 0.1) is 17.1 Å². The molecule has 7 heteroatoms. The highest BCUT2D eigenvalue weighted by atomic mass is 16.4. The number of carboxylic acids is 1. The van der Waals surface area contributed by atoms with Crippen LogP contribution in [0.2, 0.25) is 0 Å². The molecule has 8 atom stereocenters. The summed E-state index contributed by atoms with van der Waals surface area (Å²) in [5.41, 5.74) is 3.00. The fourth-order valence-corrected chi connectivity index (χ4v) is 10.0. The molecule has 2 aliphatic carbocycles. The number of allylic oxidation sites excluding steroid dienone is 1. The SMILES string of the molecule is C=C1CCCC(c2nc3ccccc3n([C@H]3C[C@H]4CCC[C@@H](C3)N4[C@H]3C[C@@H]4C[C@@H](C)C[C@@H](C4)C3)c2=O)N1CC(=O)O. The molecule has 5 fully saturated rings. The Morgan fingerprint density at radius 1 is 0.927 bits per heavy atom. The number of piperidine rings is 3. The fraction of sp³-hybridized carbons (Fsp3) is 0.676. The molecule has 2 aromatic rings. The first-order valence-electron chi connectivity index (χ1n) is 16.3. The van der Waals surface area contributed by atoms with Crippen LogP contribution >= 0.6 is 0 Å². The van der Waals surface area contributed by atoms with Crippen LogP contribution in [0.3, 0.4) is 0 Å². The molecule has 7 rings (SSSR count). The molecule has 220 valence electrons. The van der Waals surface area contributed by atoms with Gasteiger partial charge in [-0.1, -0.05) is 32.1 Å². The zero-order valence-corrected chi connectivity index (χ0v) is 24.6. The molecular formula is C34H46N4O3. The number of likely N-dealkylation sites (tertiary alicyclic amines) is 1. The Morgan fingerprint density at radius 2 is 1.63 bits per heavy atom. The van der Waals surface area contributed by atoms with E-state index < -0.39 is 5.97 Å². The van der Waals surface area contributed by atoms with Gasteiger partial charge in [0.25, 0.3) is 5.56 Å². The predicted octanol–water partition coefficient (Wildman–Crippen LogP) is 6.29. The van der Waals surface area contributed by atoms with Gasteiger partial charge < -0.3 is 14.6 Å². The van der Waals surface area contributed by atoms with E-state index in [1.165, 1.54) is 51.4 Å². The first-order valence-corrected chi connectivity index (χ1v) is 16.3. The molecule has 1 aromatic heterocycles. The summed E-state index contributed by atoms with van der Waals surface area (Å²) in [6.45, 7) is 6.47. The van der Waals surface area contributed by atoms with Crippen molar-refractivity contribution in [3.8, 4) is 0 Å². The van der Waals surface area contributed by atoms with Gasteiger partial charge in [0.2, 0.25) is 0 Å². The molecule has 4 heterocycles. The van der Waals surface area contributed by atoms with Crippen molar-refractivity contribution < 1.29 is 9.90 Å². The number of fused-ring (bicyclic) bond motifs is 5. The van der Waals surface area contributed by atoms with Crippen LogP contribution in [0, 0.1) is 17.8 Å². The number of para-hydroxylation sites is 2. The third kappa shape index (κ3) is 5.02. The fourth-order valence-electron chi connectivity index (χ4n) is 10.0. The Morgan fingerprint density at radius 3 is 2.34 bits per heavy atom. The molecule has 3 aliphatic heterocycles. The smallest absolute Gasteiger partial charge is 0.323 e. The second-order valence-electron chi connectivity index (χ2n) is 14.1. The number of carbonyl (C=O) groups is 1. The quantitative estimate of drug-likeness (QED) is 0.464. The van der Waals surface area contributed by atoms with Gasteiger partial charge in [0, 0.05) is 29.9 Å². The second-order valence-corrected chi connectivity index (χ2v) is 14.1. The Hall–Kier alpha value is -2.67. The van der Waals surface area contributed by atoms with Crippen molar-refractivity contribution in [2.75, 3.05) is 6.54 Å². The van der Waals surface area contributed by atoms with Crippen molar-refractivity contribution >= 4 is 17.0 Å². The van der Waals surface area contributed by atoms with Gasteiger partial charge in [0.1, 0.15) is 12.2 Å². The van der Waals surface area contributed by atoms with Gasteiger partial charge in [-0.05, 0) is 107 Å². The average Bonchev–Trinajstić information content (AvgIpc) is 2.92. The van der Waals surface area contributed by atoms with E-state index in [1.54, 1.807) is 0 Å². The zero-order valence-electron chi connectivity index (χ0n) is 24.6. The van der Waals surface area contributed by atoms with Crippen LogP contribution < -0.4 is 5.56 Å². The molecule has 1 unspecified atom stereocenters. The number of carboxylic acid groups (broad SMARTS) is 1. The average molecular weight is 559 g/mol. The van der Waals surface area contributed by atoms with Gasteiger partial charge in [-0.2, -0.15) is 0 Å². The van der Waals surface area contributed by atoms with Crippen LogP contribution in [-0.4, -0.2) is 55.1 Å². The van der Waals surface area contributed by atoms with Crippen molar-refractivity contribution in [2.45, 2.75) is 121 Å². The lowest BCUT2D eigenvalue weighted by Gasteiger charge is -2.56. The van der Waals surface area contributed by atoms with Crippen molar-refractivity contribution in [3.05, 3.63) is 52.6 Å². The summed E-state index contributed by atoms with van der Waals surface area (Å²) >= 11 is 0. The van der Waals surface area contributed by atoms with Crippen molar-refractivity contribution in [1.29, 1.82) is 0 Å². The van der Waals surface area contributed by atoms with Crippen LogP contribution in [-0.2, 0) is 4.79 Å². The highest BCUT2D eigenvalue weighted by Gasteiger charge is 2.46. The van der Waals surface area contributed by atoms with E-state index in [0.29, 0.717) is 23.8 Å². The maximum absolute atomic E-state index is 14.5. The van der Waals surface area contributed by atoms with Crippen LogP contribution in [0.25, 0.3) is 11.0 Å². The summed E-state index contributed by atoms with van der Waals surface area (Å²) in [5, 5.41) is 9.65. The van der Waals surface area contributed by atoms with E-state index in [4.69, 9.17) is 4.98 Å². The topological polar surface area (TPSA) is 78.7 Å². The lowest BCUT2D eigenvalue weighted by atomic mass is 9.65. The lowest BCUT2D eigenvalue weighted by Crippen LogP contribution is -2.59. The van der Waals surface area contributed by atoms with Gasteiger partial charge in [-0.25, -0.2) is 4.98 Å². The number of hydrogen-bond donors (Lipinski definition) is 1. The highest BCUT2D eigenvalue weighted by Crippen LogP contribution is 2.48. The van der Waals surface area contributed by atoms with Gasteiger partial charge in [0.15, 0.2) is 0 Å². The Labute approximate surface area is 243 Å². The van der Waals surface area contributed by atoms with E-state index in [-0.39, 0.29) is 24.2 Å². The summed E-state index contributed by atoms with van der Waals surface area (Å²) in [4.78, 5) is 35.9. The molecule has 4 bridgehead atoms. The minimum absolute atomic E-state index is 0.0310. The highest BCUT2D eigenvalue weighted by molar-refractivity contribution is 5.75. The molecule has 1 N–H and O–H groups in total. The minimum atomic E-state index is -0.902. The molecule has 0 radical (unpaired) electrons. The standard InChI is InChI=1S/C34H46N4O3/c1-21-13-23-15-24(14-21)17-27(16-23)37-25-8-6-9-26(37)19-28(18-25)38-30-11-4-3-10-29(30)35-33(34(38)41)31-12-5-7-22(2)36(31)20-32(39)40/h3-4,10-11,21,23-28,31H,2,5-9,12-20H2,1H3,(H,39,40)/t21-,23-,24+,25-,26+,27+,28+,31?. The maximum atomic E-state index is 14.5. The summed E-state index contributed by atoms with van der Waals surface area (Å²) in [6, 6.07) is 9.63. The van der Waals surface area contributed by atoms with E-state index in [2.05, 4.69) is 23.0 Å². The summed E-state index contributed by atoms with van der Waals surface area (Å²) in [7, 11) is 0. The summed E-state index contributed by atoms with van der Waals surface area (Å²) < 4.78 is 2.08. The predicted molar refractivity (Wildman–Crippen MR) is 161 cm³/mol. The summed E-state index contributed by atoms with van der Waals surface area (Å²) in [5.74, 6) is 1.78. The number of benzene rings is 1. The molecular weight excluding hydrogens is 512 g/mol. The number of rotatable bonds is 5. The Kier molecular flexibility index (Phi) is 7.21. The van der Waals surface area contributed by atoms with Crippen molar-refractivity contribution in [3.63, 3.8) is 0 Å². The van der Waals surface area contributed by atoms with Crippen LogP contribution in [0.15, 0.2) is 41.3 Å². The van der Waals surface area contributed by atoms with Crippen LogP contribution in [0.4, 0.5) is 0 Å². The molecule has 0 spiro atoms. The van der Waals surface area contributed by atoms with Gasteiger partial charge in [-0.3, -0.25) is 14.5 Å². The Bertz CT molecular complexity index is 1350. The third-order valence-corrected chi connectivity index (χ3v) is 11.3. The molecule has 1 aromatic carbocycles. The molecule has 0 amide bonds. The normalized spacial score (nSPS) is 35.9. The van der Waals surface area contributed by atoms with Crippen molar-refractivity contribution in [1.82, 2.24) is 19.4 Å². The van der Waals surface area contributed by atoms with E-state index in [9.17, 15) is 14.7 Å². The number of aromatic nitrogens is 2. The molecule has 7 nitrogen and oxygen atoms in total. The van der Waals surface area contributed by atoms with Crippen molar-refractivity contribution in [2.24, 2.45) is 17.8 Å². The Balaban J connectivity index is 1.23.